The number of hydrogen-bond acceptors (Lipinski definition) is 6. The minimum absolute atomic E-state index is 0. The van der Waals surface area contributed by atoms with E-state index in [1.165, 1.54) is 0 Å². The number of phosphoric acid groups is 2. The Morgan fingerprint density at radius 2 is 0.714 bits per heavy atom. The molecule has 8 nitrogen and oxygen atoms in total. The van der Waals surface area contributed by atoms with Gasteiger partial charge in [-0.15, -0.1) is 0 Å². The Hall–Kier alpha value is 6.77. The van der Waals surface area contributed by atoms with E-state index in [4.69, 9.17) is 38.5 Å². The fraction of sp³-hybridized carbons (Fsp3) is 0. The van der Waals surface area contributed by atoms with Gasteiger partial charge in [0.25, 0.3) is 7.82 Å². The Balaban J connectivity index is -0.0000000178. The summed E-state index contributed by atoms with van der Waals surface area (Å²) >= 11 is 0. The van der Waals surface area contributed by atoms with Crippen molar-refractivity contribution < 1.29 is 244 Å². The van der Waals surface area contributed by atoms with E-state index < -0.39 is 15.6 Å². The van der Waals surface area contributed by atoms with Gasteiger partial charge in [-0.1, -0.05) is 0 Å². The fourth-order valence-corrected chi connectivity index (χ4v) is 0. The maximum absolute atomic E-state index is 8.77. The average Bonchev–Trinajstić information content (AvgIpc) is 1.12. The molecule has 0 saturated carbocycles. The molecular formula is H2K4O8P2. The Morgan fingerprint density at radius 1 is 0.714 bits per heavy atom. The van der Waals surface area contributed by atoms with Crippen LogP contribution in [0.5, 0.6) is 0 Å². The smallest absolute Gasteiger partial charge is 0.822 e. The molecule has 0 saturated heterocycles. The molecule has 14 heavy (non-hydrogen) atoms. The van der Waals surface area contributed by atoms with Crippen molar-refractivity contribution in [1.82, 2.24) is 0 Å². The zero-order valence-corrected chi connectivity index (χ0v) is 22.5. The molecule has 2 N–H and O–H groups in total. The molecule has 0 heterocycles. The van der Waals surface area contributed by atoms with Crippen LogP contribution in [0.4, 0.5) is 0 Å². The summed E-state index contributed by atoms with van der Waals surface area (Å²) in [6.07, 6.45) is 0. The van der Waals surface area contributed by atoms with E-state index >= 15 is 0 Å². The van der Waals surface area contributed by atoms with Crippen LogP contribution in [0.1, 0.15) is 0 Å². The summed E-state index contributed by atoms with van der Waals surface area (Å²) in [6.45, 7) is 0. The molecule has 0 aromatic carbocycles. The van der Waals surface area contributed by atoms with E-state index in [9.17, 15) is 0 Å². The fourth-order valence-electron chi connectivity index (χ4n) is 0. The van der Waals surface area contributed by atoms with E-state index in [1.54, 1.807) is 0 Å². The Bertz CT molecular complexity index is 132. The van der Waals surface area contributed by atoms with Gasteiger partial charge in [-0.2, -0.15) is 7.82 Å². The van der Waals surface area contributed by atoms with Gasteiger partial charge >= 0.3 is 206 Å². The molecule has 0 atom stereocenters. The molecule has 0 amide bonds. The zero-order chi connectivity index (χ0) is 9.00. The van der Waals surface area contributed by atoms with Crippen molar-refractivity contribution in [3.05, 3.63) is 0 Å². The molecule has 0 aliphatic carbocycles. The Kier molecular flexibility index (Phi) is 52.5. The van der Waals surface area contributed by atoms with Crippen LogP contribution in [0.3, 0.4) is 0 Å². The minimum Gasteiger partial charge on any atom is -0.822 e. The first-order valence-corrected chi connectivity index (χ1v) is 4.49. The third-order valence-corrected chi connectivity index (χ3v) is 0. The van der Waals surface area contributed by atoms with Crippen molar-refractivity contribution in [2.75, 3.05) is 0 Å². The quantitative estimate of drug-likeness (QED) is 0.321. The summed E-state index contributed by atoms with van der Waals surface area (Å²) in [5.41, 5.74) is 0. The van der Waals surface area contributed by atoms with Crippen LogP contribution in [0, 0.1) is 0 Å². The predicted octanol–water partition coefficient (Wildman–Crippen LogP) is -16.4. The molecule has 0 bridgehead atoms. The third-order valence-electron chi connectivity index (χ3n) is 0. The van der Waals surface area contributed by atoms with Gasteiger partial charge in [0.15, 0.2) is 0 Å². The molecule has 0 aliphatic rings. The van der Waals surface area contributed by atoms with Gasteiger partial charge in [-0.3, -0.25) is 4.57 Å². The summed E-state index contributed by atoms with van der Waals surface area (Å²) in [6, 6.07) is 0. The zero-order valence-electron chi connectivity index (χ0n) is 8.24. The molecule has 64 valence electrons. The second-order valence-corrected chi connectivity index (χ2v) is 2.81. The average molecular weight is 348 g/mol. The first-order chi connectivity index (χ1) is 4.00. The van der Waals surface area contributed by atoms with Crippen molar-refractivity contribution >= 4 is 15.6 Å². The summed E-state index contributed by atoms with van der Waals surface area (Å²) in [5, 5.41) is 0. The van der Waals surface area contributed by atoms with Crippen LogP contribution in [0.15, 0.2) is 0 Å². The summed E-state index contributed by atoms with van der Waals surface area (Å²) < 4.78 is 17.3. The van der Waals surface area contributed by atoms with Crippen molar-refractivity contribution in [2.24, 2.45) is 0 Å². The molecule has 0 aromatic heterocycles. The van der Waals surface area contributed by atoms with E-state index in [0.717, 1.165) is 0 Å². The van der Waals surface area contributed by atoms with E-state index in [2.05, 4.69) is 0 Å². The van der Waals surface area contributed by atoms with Crippen molar-refractivity contribution in [3.63, 3.8) is 0 Å². The number of rotatable bonds is 0. The van der Waals surface area contributed by atoms with Crippen LogP contribution in [0.25, 0.3) is 0 Å². The second kappa shape index (κ2) is 19.8. The molecule has 0 aliphatic heterocycles. The van der Waals surface area contributed by atoms with Gasteiger partial charge in [0, 0.05) is 0 Å². The summed E-state index contributed by atoms with van der Waals surface area (Å²) in [7, 11) is -10.3. The molecule has 0 fully saturated rings. The van der Waals surface area contributed by atoms with Crippen LogP contribution in [0.2, 0.25) is 0 Å². The molecular weight excluding hydrogens is 346 g/mol. The van der Waals surface area contributed by atoms with Gasteiger partial charge in [0.05, 0.1) is 0 Å². The van der Waals surface area contributed by atoms with Gasteiger partial charge < -0.3 is 33.9 Å². The van der Waals surface area contributed by atoms with Crippen molar-refractivity contribution in [2.45, 2.75) is 0 Å². The maximum Gasteiger partial charge on any atom is 1.00 e. The van der Waals surface area contributed by atoms with Crippen LogP contribution in [-0.2, 0) is 9.13 Å². The van der Waals surface area contributed by atoms with Crippen molar-refractivity contribution in [3.8, 4) is 0 Å². The largest absolute Gasteiger partial charge is 1.00 e. The van der Waals surface area contributed by atoms with E-state index in [1.807, 2.05) is 0 Å². The van der Waals surface area contributed by atoms with E-state index in [0.29, 0.717) is 0 Å². The molecule has 0 unspecified atom stereocenters. The summed E-state index contributed by atoms with van der Waals surface area (Å²) in [5.74, 6) is 0. The van der Waals surface area contributed by atoms with Gasteiger partial charge in [0.1, 0.15) is 0 Å². The standard InChI is InChI=1S/4K.2H3O4P/c;;;;2*1-5(2,3)4/h;;;;2*(H3,1,2,3,4)/q4*+1;;/p-4. The Labute approximate surface area is 251 Å². The first-order valence-electron chi connectivity index (χ1n) is 1.50. The monoisotopic (exact) mass is 348 g/mol. The van der Waals surface area contributed by atoms with Crippen LogP contribution >= 0.6 is 15.6 Å². The van der Waals surface area contributed by atoms with Gasteiger partial charge in [0.2, 0.25) is 0 Å². The molecule has 0 aromatic rings. The first kappa shape index (κ1) is 37.2. The van der Waals surface area contributed by atoms with E-state index in [-0.39, 0.29) is 206 Å². The molecule has 0 rings (SSSR count). The van der Waals surface area contributed by atoms with Crippen molar-refractivity contribution in [1.29, 1.82) is 0 Å². The predicted molar refractivity (Wildman–Crippen MR) is 19.7 cm³/mol. The molecule has 0 radical (unpaired) electrons. The van der Waals surface area contributed by atoms with Gasteiger partial charge in [-0.05, 0) is 0 Å². The topological polar surface area (TPSA) is 167 Å². The molecule has 14 heteroatoms. The number of hydrogen-bond donors (Lipinski definition) is 2. The third kappa shape index (κ3) is 129. The normalized spacial score (nSPS) is 8.43. The van der Waals surface area contributed by atoms with Gasteiger partial charge in [-0.25, -0.2) is 0 Å². The van der Waals surface area contributed by atoms with Crippen LogP contribution < -0.4 is 225 Å². The summed E-state index contributed by atoms with van der Waals surface area (Å²) in [4.78, 5) is 48.6. The minimum atomic E-state index is -5.39. The Morgan fingerprint density at radius 3 is 0.714 bits per heavy atom. The SMILES string of the molecule is O=P([O-])(O)O.O=P([O-])([O-])[O-].[K+].[K+].[K+].[K+]. The van der Waals surface area contributed by atoms with Crippen LogP contribution in [-0.4, -0.2) is 9.79 Å². The molecule has 0 spiro atoms. The maximum atomic E-state index is 8.77. The second-order valence-electron chi connectivity index (χ2n) is 0.938.